The fraction of sp³-hybridized carbons (Fsp3) is 0.136. The highest BCUT2D eigenvalue weighted by molar-refractivity contribution is 6.33. The number of carbonyl (C=O) groups is 2. The molecule has 140 valence electrons. The second-order valence-corrected chi connectivity index (χ2v) is 6.47. The van der Waals surface area contributed by atoms with E-state index >= 15 is 0 Å². The van der Waals surface area contributed by atoms with E-state index in [0.29, 0.717) is 33.2 Å². The van der Waals surface area contributed by atoms with Gasteiger partial charge in [-0.2, -0.15) is 0 Å². The first-order valence-electron chi connectivity index (χ1n) is 8.56. The maximum absolute atomic E-state index is 12.6. The quantitative estimate of drug-likeness (QED) is 0.531. The molecule has 5 nitrogen and oxygen atoms in total. The Balaban J connectivity index is 1.71. The molecule has 6 heteroatoms. The molecule has 3 rings (SSSR count). The SMILES string of the molecule is CC(=O)c1ccc(C#CCNC(=O)c2c(-c3ccccc3Cl)noc2C)cc1. The van der Waals surface area contributed by atoms with Crippen molar-refractivity contribution >= 4 is 23.3 Å². The van der Waals surface area contributed by atoms with Crippen LogP contribution in [0.4, 0.5) is 0 Å². The topological polar surface area (TPSA) is 72.2 Å². The van der Waals surface area contributed by atoms with Gasteiger partial charge in [-0.05, 0) is 32.0 Å². The van der Waals surface area contributed by atoms with Crippen molar-refractivity contribution in [1.82, 2.24) is 10.5 Å². The minimum absolute atomic E-state index is 0.00480. The summed E-state index contributed by atoms with van der Waals surface area (Å²) in [5, 5.41) is 7.21. The zero-order valence-corrected chi connectivity index (χ0v) is 16.1. The van der Waals surface area contributed by atoms with Gasteiger partial charge in [0.1, 0.15) is 17.0 Å². The minimum atomic E-state index is -0.338. The lowest BCUT2D eigenvalue weighted by molar-refractivity contribution is 0.0956. The van der Waals surface area contributed by atoms with Gasteiger partial charge in [0, 0.05) is 16.7 Å². The molecule has 0 fully saturated rings. The van der Waals surface area contributed by atoms with Gasteiger partial charge >= 0.3 is 0 Å². The molecule has 0 saturated carbocycles. The average Bonchev–Trinajstić information content (AvgIpc) is 3.07. The predicted molar refractivity (Wildman–Crippen MR) is 107 cm³/mol. The number of benzene rings is 2. The van der Waals surface area contributed by atoms with Crippen molar-refractivity contribution in [1.29, 1.82) is 0 Å². The Morgan fingerprint density at radius 1 is 1.14 bits per heavy atom. The van der Waals surface area contributed by atoms with Crippen LogP contribution in [0.15, 0.2) is 53.1 Å². The minimum Gasteiger partial charge on any atom is -0.360 e. The van der Waals surface area contributed by atoms with Crippen LogP contribution >= 0.6 is 11.6 Å². The fourth-order valence-corrected chi connectivity index (χ4v) is 2.85. The Morgan fingerprint density at radius 3 is 2.54 bits per heavy atom. The summed E-state index contributed by atoms with van der Waals surface area (Å²) in [4.78, 5) is 23.9. The van der Waals surface area contributed by atoms with Crippen LogP contribution in [0.2, 0.25) is 5.02 Å². The number of nitrogens with one attached hydrogen (secondary N) is 1. The summed E-state index contributed by atoms with van der Waals surface area (Å²) in [6.07, 6.45) is 0. The largest absolute Gasteiger partial charge is 0.360 e. The predicted octanol–water partition coefficient (Wildman–Crippen LogP) is 4.29. The summed E-state index contributed by atoms with van der Waals surface area (Å²) in [7, 11) is 0. The maximum atomic E-state index is 12.6. The molecule has 2 aromatic carbocycles. The molecule has 0 aliphatic carbocycles. The number of amides is 1. The van der Waals surface area contributed by atoms with Gasteiger partial charge in [0.2, 0.25) is 0 Å². The first kappa shape index (κ1) is 19.4. The van der Waals surface area contributed by atoms with Gasteiger partial charge in [0.15, 0.2) is 5.78 Å². The van der Waals surface area contributed by atoms with E-state index in [4.69, 9.17) is 16.1 Å². The van der Waals surface area contributed by atoms with E-state index in [1.54, 1.807) is 49.4 Å². The van der Waals surface area contributed by atoms with Crippen molar-refractivity contribution in [2.24, 2.45) is 0 Å². The Morgan fingerprint density at radius 2 is 1.86 bits per heavy atom. The van der Waals surface area contributed by atoms with Crippen LogP contribution in [0.3, 0.4) is 0 Å². The Bertz CT molecular complexity index is 1090. The fourth-order valence-electron chi connectivity index (χ4n) is 2.62. The van der Waals surface area contributed by atoms with Gasteiger partial charge in [-0.3, -0.25) is 9.59 Å². The standard InChI is InChI=1S/C22H17ClN2O3/c1-14(26)17-11-9-16(10-12-17)6-5-13-24-22(27)20-15(2)28-25-21(20)18-7-3-4-8-19(18)23/h3-4,7-12H,13H2,1-2H3,(H,24,27). The molecule has 1 N–H and O–H groups in total. The molecule has 0 radical (unpaired) electrons. The number of rotatable bonds is 4. The molecule has 1 heterocycles. The molecule has 0 saturated heterocycles. The number of hydrogen-bond acceptors (Lipinski definition) is 4. The van der Waals surface area contributed by atoms with Gasteiger partial charge in [-0.15, -0.1) is 0 Å². The molecule has 0 spiro atoms. The van der Waals surface area contributed by atoms with Gasteiger partial charge in [-0.1, -0.05) is 58.9 Å². The number of hydrogen-bond donors (Lipinski definition) is 1. The molecule has 0 aliphatic rings. The first-order valence-corrected chi connectivity index (χ1v) is 8.94. The van der Waals surface area contributed by atoms with E-state index in [1.165, 1.54) is 6.92 Å². The lowest BCUT2D eigenvalue weighted by Crippen LogP contribution is -2.24. The van der Waals surface area contributed by atoms with Gasteiger partial charge in [-0.25, -0.2) is 0 Å². The zero-order chi connectivity index (χ0) is 20.1. The number of aryl methyl sites for hydroxylation is 1. The van der Waals surface area contributed by atoms with Gasteiger partial charge < -0.3 is 9.84 Å². The van der Waals surface area contributed by atoms with E-state index in [9.17, 15) is 9.59 Å². The second-order valence-electron chi connectivity index (χ2n) is 6.06. The van der Waals surface area contributed by atoms with Crippen molar-refractivity contribution < 1.29 is 14.1 Å². The molecule has 1 aromatic heterocycles. The van der Waals surface area contributed by atoms with E-state index in [1.807, 2.05) is 6.07 Å². The molecule has 0 bridgehead atoms. The van der Waals surface area contributed by atoms with Crippen molar-refractivity contribution in [2.75, 3.05) is 6.54 Å². The maximum Gasteiger partial charge on any atom is 0.257 e. The summed E-state index contributed by atoms with van der Waals surface area (Å²) in [6.45, 7) is 3.34. The molecule has 0 atom stereocenters. The van der Waals surface area contributed by atoms with Crippen molar-refractivity contribution in [3.63, 3.8) is 0 Å². The smallest absolute Gasteiger partial charge is 0.257 e. The summed E-state index contributed by atoms with van der Waals surface area (Å²) < 4.78 is 5.20. The van der Waals surface area contributed by atoms with Crippen LogP contribution in [-0.4, -0.2) is 23.4 Å². The van der Waals surface area contributed by atoms with Gasteiger partial charge in [0.25, 0.3) is 5.91 Å². The molecule has 0 unspecified atom stereocenters. The molecule has 28 heavy (non-hydrogen) atoms. The van der Waals surface area contributed by atoms with Crippen LogP contribution in [0.25, 0.3) is 11.3 Å². The summed E-state index contributed by atoms with van der Waals surface area (Å²) in [5.74, 6) is 5.90. The highest BCUT2D eigenvalue weighted by Crippen LogP contribution is 2.30. The van der Waals surface area contributed by atoms with Crippen molar-refractivity contribution in [2.45, 2.75) is 13.8 Å². The molecule has 3 aromatic rings. The number of nitrogens with zero attached hydrogens (tertiary/aromatic N) is 1. The number of halogens is 1. The normalized spacial score (nSPS) is 10.1. The third-order valence-corrected chi connectivity index (χ3v) is 4.41. The molecule has 1 amide bonds. The van der Waals surface area contributed by atoms with Crippen LogP contribution in [0.5, 0.6) is 0 Å². The number of Topliss-reactive ketones (excluding diaryl/α,β-unsaturated/α-hetero) is 1. The van der Waals surface area contributed by atoms with Crippen LogP contribution in [0, 0.1) is 18.8 Å². The lowest BCUT2D eigenvalue weighted by Gasteiger charge is -2.04. The lowest BCUT2D eigenvalue weighted by atomic mass is 10.1. The Kier molecular flexibility index (Phi) is 5.93. The van der Waals surface area contributed by atoms with E-state index in [0.717, 1.165) is 5.56 Å². The third kappa shape index (κ3) is 4.30. The highest BCUT2D eigenvalue weighted by atomic mass is 35.5. The van der Waals surface area contributed by atoms with Gasteiger partial charge in [0.05, 0.1) is 11.6 Å². The van der Waals surface area contributed by atoms with Crippen LogP contribution in [-0.2, 0) is 0 Å². The molecular weight excluding hydrogens is 376 g/mol. The third-order valence-electron chi connectivity index (χ3n) is 4.08. The van der Waals surface area contributed by atoms with Crippen LogP contribution < -0.4 is 5.32 Å². The van der Waals surface area contributed by atoms with Crippen molar-refractivity contribution in [3.05, 3.63) is 76.0 Å². The van der Waals surface area contributed by atoms with E-state index in [2.05, 4.69) is 22.3 Å². The summed E-state index contributed by atoms with van der Waals surface area (Å²) >= 11 is 6.21. The Labute approximate surface area is 167 Å². The number of carbonyl (C=O) groups excluding carboxylic acids is 2. The van der Waals surface area contributed by atoms with E-state index < -0.39 is 0 Å². The van der Waals surface area contributed by atoms with Crippen LogP contribution in [0.1, 0.15) is 39.0 Å². The van der Waals surface area contributed by atoms with E-state index in [-0.39, 0.29) is 18.2 Å². The second kappa shape index (κ2) is 8.55. The summed E-state index contributed by atoms with van der Waals surface area (Å²) in [5.41, 5.74) is 2.75. The highest BCUT2D eigenvalue weighted by Gasteiger charge is 2.22. The summed E-state index contributed by atoms with van der Waals surface area (Å²) in [6, 6.07) is 14.1. The number of ketones is 1. The number of aromatic nitrogens is 1. The first-order chi connectivity index (χ1) is 13.5. The van der Waals surface area contributed by atoms with Crippen molar-refractivity contribution in [3.8, 4) is 23.1 Å². The molecular formula is C22H17ClN2O3. The molecule has 0 aliphatic heterocycles. The average molecular weight is 393 g/mol. The Hall–Kier alpha value is -3.36. The monoisotopic (exact) mass is 392 g/mol. The zero-order valence-electron chi connectivity index (χ0n) is 15.4.